The molecular weight excluding hydrogens is 328 g/mol. The second-order valence-electron chi connectivity index (χ2n) is 4.98. The van der Waals surface area contributed by atoms with Crippen LogP contribution < -0.4 is 10.9 Å². The Morgan fingerprint density at radius 3 is 2.91 bits per heavy atom. The van der Waals surface area contributed by atoms with Crippen molar-refractivity contribution in [2.75, 3.05) is 12.3 Å². The first-order chi connectivity index (χ1) is 11.2. The van der Waals surface area contributed by atoms with E-state index < -0.39 is 0 Å². The van der Waals surface area contributed by atoms with Gasteiger partial charge in [-0.15, -0.1) is 11.3 Å². The molecule has 2 N–H and O–H groups in total. The molecule has 0 aliphatic carbocycles. The summed E-state index contributed by atoms with van der Waals surface area (Å²) in [5, 5.41) is 5.71. The number of rotatable bonds is 6. The zero-order valence-electron chi connectivity index (χ0n) is 12.4. The Hall–Kier alpha value is -2.05. The van der Waals surface area contributed by atoms with E-state index in [0.717, 1.165) is 16.9 Å². The van der Waals surface area contributed by atoms with Gasteiger partial charge in [-0.1, -0.05) is 24.3 Å². The van der Waals surface area contributed by atoms with Gasteiger partial charge in [-0.3, -0.25) is 9.59 Å². The quantitative estimate of drug-likeness (QED) is 0.675. The molecule has 4 nitrogen and oxygen atoms in total. The number of thioether (sulfide) groups is 1. The minimum Gasteiger partial charge on any atom is -0.351 e. The summed E-state index contributed by atoms with van der Waals surface area (Å²) in [7, 11) is 0. The molecular formula is C17H16N2O2S2. The Labute approximate surface area is 141 Å². The van der Waals surface area contributed by atoms with E-state index in [0.29, 0.717) is 17.6 Å². The zero-order chi connectivity index (χ0) is 16.1. The number of carbonyl (C=O) groups excluding carboxylic acids is 1. The van der Waals surface area contributed by atoms with E-state index in [9.17, 15) is 9.59 Å². The molecule has 0 spiro atoms. The maximum absolute atomic E-state index is 12.3. The average molecular weight is 344 g/mol. The van der Waals surface area contributed by atoms with E-state index in [1.807, 2.05) is 24.3 Å². The summed E-state index contributed by atoms with van der Waals surface area (Å²) >= 11 is 3.52. The lowest BCUT2D eigenvalue weighted by molar-refractivity contribution is 0.0957. The highest BCUT2D eigenvalue weighted by molar-refractivity contribution is 7.98. The summed E-state index contributed by atoms with van der Waals surface area (Å²) in [4.78, 5) is 28.1. The number of aromatic nitrogens is 1. The normalized spacial score (nSPS) is 10.8. The number of benzene rings is 1. The largest absolute Gasteiger partial charge is 0.351 e. The summed E-state index contributed by atoms with van der Waals surface area (Å²) in [6.07, 6.45) is 0. The molecule has 0 aliphatic rings. The molecule has 3 aromatic rings. The van der Waals surface area contributed by atoms with Crippen molar-refractivity contribution < 1.29 is 4.79 Å². The van der Waals surface area contributed by atoms with Crippen LogP contribution in [0.25, 0.3) is 10.9 Å². The van der Waals surface area contributed by atoms with Crippen LogP contribution in [0.2, 0.25) is 0 Å². The van der Waals surface area contributed by atoms with Gasteiger partial charge in [0.2, 0.25) is 5.56 Å². The minimum atomic E-state index is -0.263. The highest BCUT2D eigenvalue weighted by Gasteiger charge is 2.10. The highest BCUT2D eigenvalue weighted by Crippen LogP contribution is 2.17. The number of H-pyrrole nitrogens is 1. The van der Waals surface area contributed by atoms with E-state index >= 15 is 0 Å². The van der Waals surface area contributed by atoms with Crippen LogP contribution in [0.15, 0.2) is 52.6 Å². The third-order valence-corrected chi connectivity index (χ3v) is 5.42. The van der Waals surface area contributed by atoms with Crippen molar-refractivity contribution in [3.8, 4) is 0 Å². The van der Waals surface area contributed by atoms with Gasteiger partial charge in [0.05, 0.1) is 5.56 Å². The lowest BCUT2D eigenvalue weighted by atomic mass is 10.1. The van der Waals surface area contributed by atoms with Gasteiger partial charge >= 0.3 is 0 Å². The van der Waals surface area contributed by atoms with Crippen molar-refractivity contribution >= 4 is 39.9 Å². The maximum atomic E-state index is 12.3. The summed E-state index contributed by atoms with van der Waals surface area (Å²) in [6.45, 7) is 0.579. The number of fused-ring (bicyclic) bond motifs is 1. The summed E-state index contributed by atoms with van der Waals surface area (Å²) in [5.74, 6) is 1.59. The SMILES string of the molecule is O=C(NCCSCc1cccs1)c1cc(=O)[nH]c2ccccc12. The first-order valence-corrected chi connectivity index (χ1v) is 9.28. The van der Waals surface area contributed by atoms with E-state index in [-0.39, 0.29) is 11.5 Å². The van der Waals surface area contributed by atoms with Crippen LogP contribution in [0.5, 0.6) is 0 Å². The summed E-state index contributed by atoms with van der Waals surface area (Å²) in [6, 6.07) is 12.8. The number of nitrogens with one attached hydrogen (secondary N) is 2. The molecule has 1 amide bonds. The molecule has 23 heavy (non-hydrogen) atoms. The number of para-hydroxylation sites is 1. The van der Waals surface area contributed by atoms with Gasteiger partial charge in [0.1, 0.15) is 0 Å². The number of hydrogen-bond acceptors (Lipinski definition) is 4. The van der Waals surface area contributed by atoms with Crippen molar-refractivity contribution in [3.63, 3.8) is 0 Å². The molecule has 0 fully saturated rings. The molecule has 0 radical (unpaired) electrons. The van der Waals surface area contributed by atoms with Crippen LogP contribution in [-0.2, 0) is 5.75 Å². The molecule has 0 aliphatic heterocycles. The average Bonchev–Trinajstić information content (AvgIpc) is 3.07. The molecule has 0 saturated heterocycles. The van der Waals surface area contributed by atoms with Crippen molar-refractivity contribution in [2.45, 2.75) is 5.75 Å². The molecule has 0 bridgehead atoms. The van der Waals surface area contributed by atoms with E-state index in [1.165, 1.54) is 10.9 Å². The number of pyridine rings is 1. The van der Waals surface area contributed by atoms with Gasteiger partial charge < -0.3 is 10.3 Å². The molecule has 6 heteroatoms. The van der Waals surface area contributed by atoms with Gasteiger partial charge in [-0.2, -0.15) is 11.8 Å². The zero-order valence-corrected chi connectivity index (χ0v) is 14.0. The molecule has 118 valence electrons. The van der Waals surface area contributed by atoms with E-state index in [4.69, 9.17) is 0 Å². The number of aromatic amines is 1. The Bertz CT molecular complexity index is 856. The van der Waals surface area contributed by atoms with Crippen LogP contribution in [0.3, 0.4) is 0 Å². The van der Waals surface area contributed by atoms with Gasteiger partial charge in [-0.05, 0) is 17.5 Å². The summed E-state index contributed by atoms with van der Waals surface area (Å²) < 4.78 is 0. The molecule has 2 aromatic heterocycles. The summed E-state index contributed by atoms with van der Waals surface area (Å²) in [5.41, 5.74) is 0.839. The third kappa shape index (κ3) is 4.03. The van der Waals surface area contributed by atoms with Crippen LogP contribution in [0.1, 0.15) is 15.2 Å². The smallest absolute Gasteiger partial charge is 0.252 e. The van der Waals surface area contributed by atoms with Crippen molar-refractivity contribution in [1.82, 2.24) is 10.3 Å². The first-order valence-electron chi connectivity index (χ1n) is 7.24. The minimum absolute atomic E-state index is 0.205. The van der Waals surface area contributed by atoms with Crippen LogP contribution in [0.4, 0.5) is 0 Å². The van der Waals surface area contributed by atoms with E-state index in [2.05, 4.69) is 21.7 Å². The topological polar surface area (TPSA) is 62.0 Å². The fourth-order valence-electron chi connectivity index (χ4n) is 2.29. The Balaban J connectivity index is 1.59. The Morgan fingerprint density at radius 2 is 2.09 bits per heavy atom. The van der Waals surface area contributed by atoms with Gasteiger partial charge in [0.15, 0.2) is 0 Å². The molecule has 0 unspecified atom stereocenters. The third-order valence-electron chi connectivity index (χ3n) is 3.35. The Kier molecular flexibility index (Phi) is 5.15. The second kappa shape index (κ2) is 7.48. The predicted molar refractivity (Wildman–Crippen MR) is 97.4 cm³/mol. The number of amides is 1. The molecule has 3 rings (SSSR count). The van der Waals surface area contributed by atoms with Crippen molar-refractivity contribution in [1.29, 1.82) is 0 Å². The van der Waals surface area contributed by atoms with Gasteiger partial charge in [0, 0.05) is 39.9 Å². The fraction of sp³-hybridized carbons (Fsp3) is 0.176. The Morgan fingerprint density at radius 1 is 1.22 bits per heavy atom. The van der Waals surface area contributed by atoms with E-state index in [1.54, 1.807) is 29.2 Å². The molecule has 0 saturated carbocycles. The van der Waals surface area contributed by atoms with Crippen LogP contribution in [-0.4, -0.2) is 23.2 Å². The first kappa shape index (κ1) is 15.8. The second-order valence-corrected chi connectivity index (χ2v) is 7.12. The lowest BCUT2D eigenvalue weighted by Gasteiger charge is -2.07. The number of carbonyl (C=O) groups is 1. The molecule has 0 atom stereocenters. The highest BCUT2D eigenvalue weighted by atomic mass is 32.2. The van der Waals surface area contributed by atoms with Gasteiger partial charge in [0.25, 0.3) is 5.91 Å². The molecule has 1 aromatic carbocycles. The predicted octanol–water partition coefficient (Wildman–Crippen LogP) is 3.25. The van der Waals surface area contributed by atoms with Crippen molar-refractivity contribution in [3.05, 3.63) is 68.6 Å². The monoisotopic (exact) mass is 344 g/mol. The standard InChI is InChI=1S/C17H16N2O2S2/c20-16-10-14(13-5-1-2-6-15(13)19-16)17(21)18-7-9-22-11-12-4-3-8-23-12/h1-6,8,10H,7,9,11H2,(H,18,21)(H,19,20). The fourth-order valence-corrected chi connectivity index (χ4v) is 3.99. The number of thiophene rings is 1. The lowest BCUT2D eigenvalue weighted by Crippen LogP contribution is -2.27. The van der Waals surface area contributed by atoms with Gasteiger partial charge in [-0.25, -0.2) is 0 Å². The van der Waals surface area contributed by atoms with Crippen LogP contribution >= 0.6 is 23.1 Å². The van der Waals surface area contributed by atoms with Crippen LogP contribution in [0, 0.1) is 0 Å². The number of hydrogen-bond donors (Lipinski definition) is 2. The maximum Gasteiger partial charge on any atom is 0.252 e. The van der Waals surface area contributed by atoms with Crippen molar-refractivity contribution in [2.24, 2.45) is 0 Å². The molecule has 2 heterocycles.